The summed E-state index contributed by atoms with van der Waals surface area (Å²) in [4.78, 5) is 10.8. The zero-order valence-electron chi connectivity index (χ0n) is 8.94. The Bertz CT molecular complexity index is 342. The summed E-state index contributed by atoms with van der Waals surface area (Å²) in [5.41, 5.74) is 0.869. The first kappa shape index (κ1) is 13.0. The van der Waals surface area contributed by atoms with Crippen LogP contribution >= 0.6 is 11.8 Å². The summed E-state index contributed by atoms with van der Waals surface area (Å²) in [6, 6.07) is 5.43. The maximum Gasteiger partial charge on any atom is 0.321 e. The smallest absolute Gasteiger partial charge is 0.321 e. The summed E-state index contributed by atoms with van der Waals surface area (Å²) in [6.45, 7) is 0.428. The Hall–Kier alpha value is -1.07. The molecular weight excluding hydrogens is 229 g/mol. The van der Waals surface area contributed by atoms with Crippen molar-refractivity contribution in [3.05, 3.63) is 35.6 Å². The first-order valence-corrected chi connectivity index (χ1v) is 6.22. The predicted octanol–water partition coefficient (Wildman–Crippen LogP) is 1.73. The quantitative estimate of drug-likeness (QED) is 0.799. The highest BCUT2D eigenvalue weighted by molar-refractivity contribution is 7.98. The molecule has 0 aliphatic carbocycles. The second kappa shape index (κ2) is 6.50. The molecule has 1 aromatic carbocycles. The van der Waals surface area contributed by atoms with Gasteiger partial charge in [-0.05, 0) is 24.0 Å². The average molecular weight is 243 g/mol. The van der Waals surface area contributed by atoms with Gasteiger partial charge in [0.1, 0.15) is 11.9 Å². The minimum Gasteiger partial charge on any atom is -0.480 e. The van der Waals surface area contributed by atoms with Gasteiger partial charge in [-0.2, -0.15) is 11.8 Å². The monoisotopic (exact) mass is 243 g/mol. The molecular formula is C11H14FNO2S. The van der Waals surface area contributed by atoms with E-state index in [0.717, 1.165) is 5.56 Å². The van der Waals surface area contributed by atoms with Gasteiger partial charge in [0.2, 0.25) is 0 Å². The van der Waals surface area contributed by atoms with Crippen molar-refractivity contribution in [3.8, 4) is 0 Å². The van der Waals surface area contributed by atoms with Crippen molar-refractivity contribution in [2.45, 2.75) is 12.6 Å². The lowest BCUT2D eigenvalue weighted by atomic mass is 10.2. The molecule has 0 aliphatic heterocycles. The maximum absolute atomic E-state index is 12.6. The average Bonchev–Trinajstić information content (AvgIpc) is 2.26. The Morgan fingerprint density at radius 3 is 2.62 bits per heavy atom. The third-order valence-corrected chi connectivity index (χ3v) is 2.76. The van der Waals surface area contributed by atoms with Crippen LogP contribution in [0, 0.1) is 5.82 Å². The minimum atomic E-state index is -0.864. The van der Waals surface area contributed by atoms with Gasteiger partial charge in [0.25, 0.3) is 0 Å². The number of nitrogens with one attached hydrogen (secondary N) is 1. The second-order valence-corrected chi connectivity index (χ2v) is 4.26. The van der Waals surface area contributed by atoms with Gasteiger partial charge < -0.3 is 5.11 Å². The number of rotatable bonds is 6. The molecule has 1 unspecified atom stereocenters. The van der Waals surface area contributed by atoms with Crippen LogP contribution in [0.2, 0.25) is 0 Å². The normalized spacial score (nSPS) is 12.4. The highest BCUT2D eigenvalue weighted by Gasteiger charge is 2.15. The first-order valence-electron chi connectivity index (χ1n) is 4.83. The molecule has 0 bridgehead atoms. The Kier molecular flexibility index (Phi) is 5.28. The van der Waals surface area contributed by atoms with Crippen LogP contribution in [-0.2, 0) is 11.3 Å². The lowest BCUT2D eigenvalue weighted by molar-refractivity contribution is -0.138. The van der Waals surface area contributed by atoms with Crippen LogP contribution in [-0.4, -0.2) is 29.1 Å². The minimum absolute atomic E-state index is 0.289. The van der Waals surface area contributed by atoms with Crippen LogP contribution in [0.25, 0.3) is 0 Å². The van der Waals surface area contributed by atoms with E-state index in [-0.39, 0.29) is 5.82 Å². The first-order chi connectivity index (χ1) is 7.63. The highest BCUT2D eigenvalue weighted by atomic mass is 32.2. The predicted molar refractivity (Wildman–Crippen MR) is 63.0 cm³/mol. The van der Waals surface area contributed by atoms with Crippen LogP contribution in [0.3, 0.4) is 0 Å². The Labute approximate surface area is 98.1 Å². The van der Waals surface area contributed by atoms with Crippen LogP contribution in [0.4, 0.5) is 4.39 Å². The van der Waals surface area contributed by atoms with Gasteiger partial charge in [0.15, 0.2) is 0 Å². The van der Waals surface area contributed by atoms with Crippen LogP contribution in [0.1, 0.15) is 5.56 Å². The fourth-order valence-corrected chi connectivity index (χ4v) is 1.82. The molecule has 5 heteroatoms. The molecule has 0 saturated heterocycles. The van der Waals surface area contributed by atoms with Crippen molar-refractivity contribution in [3.63, 3.8) is 0 Å². The van der Waals surface area contributed by atoms with E-state index in [1.165, 1.54) is 23.9 Å². The summed E-state index contributed by atoms with van der Waals surface area (Å²) >= 11 is 1.47. The zero-order valence-corrected chi connectivity index (χ0v) is 9.76. The Morgan fingerprint density at radius 2 is 2.12 bits per heavy atom. The molecule has 0 fully saturated rings. The van der Waals surface area contributed by atoms with E-state index in [1.54, 1.807) is 12.1 Å². The van der Waals surface area contributed by atoms with Gasteiger partial charge >= 0.3 is 5.97 Å². The number of benzene rings is 1. The lowest BCUT2D eigenvalue weighted by Crippen LogP contribution is -2.38. The van der Waals surface area contributed by atoms with E-state index in [0.29, 0.717) is 12.3 Å². The molecule has 0 radical (unpaired) electrons. The van der Waals surface area contributed by atoms with Crippen LogP contribution in [0.5, 0.6) is 0 Å². The second-order valence-electron chi connectivity index (χ2n) is 3.35. The molecule has 0 amide bonds. The molecule has 0 aromatic heterocycles. The van der Waals surface area contributed by atoms with Gasteiger partial charge in [0.05, 0.1) is 0 Å². The van der Waals surface area contributed by atoms with Gasteiger partial charge in [-0.1, -0.05) is 12.1 Å². The SMILES string of the molecule is CSCC(NCc1ccc(F)cc1)C(=O)O. The van der Waals surface area contributed by atoms with Crippen molar-refractivity contribution in [1.82, 2.24) is 5.32 Å². The third-order valence-electron chi connectivity index (χ3n) is 2.10. The van der Waals surface area contributed by atoms with Crippen LogP contribution in [0.15, 0.2) is 24.3 Å². The number of carboxylic acids is 1. The molecule has 3 nitrogen and oxygen atoms in total. The number of hydrogen-bond donors (Lipinski definition) is 2. The molecule has 0 spiro atoms. The Balaban J connectivity index is 2.48. The zero-order chi connectivity index (χ0) is 12.0. The van der Waals surface area contributed by atoms with E-state index in [9.17, 15) is 9.18 Å². The molecule has 0 saturated carbocycles. The van der Waals surface area contributed by atoms with E-state index >= 15 is 0 Å². The highest BCUT2D eigenvalue weighted by Crippen LogP contribution is 2.04. The number of halogens is 1. The van der Waals surface area contributed by atoms with E-state index in [1.807, 2.05) is 6.26 Å². The summed E-state index contributed by atoms with van der Waals surface area (Å²) < 4.78 is 12.6. The van der Waals surface area contributed by atoms with Gasteiger partial charge in [0, 0.05) is 12.3 Å². The standard InChI is InChI=1S/C11H14FNO2S/c1-16-7-10(11(14)15)13-6-8-2-4-9(12)5-3-8/h2-5,10,13H,6-7H2,1H3,(H,14,15). The molecule has 1 atom stereocenters. The molecule has 0 aliphatic rings. The number of carboxylic acid groups (broad SMARTS) is 1. The van der Waals surface area contributed by atoms with Crippen molar-refractivity contribution in [2.75, 3.05) is 12.0 Å². The summed E-state index contributed by atoms with van der Waals surface area (Å²) in [5, 5.41) is 11.8. The van der Waals surface area contributed by atoms with Gasteiger partial charge in [-0.15, -0.1) is 0 Å². The van der Waals surface area contributed by atoms with Gasteiger partial charge in [-0.25, -0.2) is 4.39 Å². The van der Waals surface area contributed by atoms with E-state index < -0.39 is 12.0 Å². The van der Waals surface area contributed by atoms with E-state index in [4.69, 9.17) is 5.11 Å². The van der Waals surface area contributed by atoms with Gasteiger partial charge in [-0.3, -0.25) is 10.1 Å². The molecule has 1 rings (SSSR count). The molecule has 2 N–H and O–H groups in total. The molecule has 16 heavy (non-hydrogen) atoms. The summed E-state index contributed by atoms with van der Waals surface area (Å²) in [5.74, 6) is -0.643. The van der Waals surface area contributed by atoms with Crippen molar-refractivity contribution in [1.29, 1.82) is 0 Å². The maximum atomic E-state index is 12.6. The fraction of sp³-hybridized carbons (Fsp3) is 0.364. The fourth-order valence-electron chi connectivity index (χ4n) is 1.23. The topological polar surface area (TPSA) is 49.3 Å². The van der Waals surface area contributed by atoms with Crippen molar-refractivity contribution in [2.24, 2.45) is 0 Å². The number of aliphatic carboxylic acids is 1. The third kappa shape index (κ3) is 4.20. The van der Waals surface area contributed by atoms with Crippen molar-refractivity contribution >= 4 is 17.7 Å². The molecule has 0 heterocycles. The lowest BCUT2D eigenvalue weighted by Gasteiger charge is -2.12. The summed E-state index contributed by atoms with van der Waals surface area (Å²) in [7, 11) is 0. The van der Waals surface area contributed by atoms with Crippen LogP contribution < -0.4 is 5.32 Å². The number of hydrogen-bond acceptors (Lipinski definition) is 3. The summed E-state index contributed by atoms with van der Waals surface area (Å²) in [6.07, 6.45) is 1.86. The molecule has 1 aromatic rings. The Morgan fingerprint density at radius 1 is 1.50 bits per heavy atom. The number of carbonyl (C=O) groups is 1. The largest absolute Gasteiger partial charge is 0.480 e. The van der Waals surface area contributed by atoms with E-state index in [2.05, 4.69) is 5.32 Å². The van der Waals surface area contributed by atoms with Crippen molar-refractivity contribution < 1.29 is 14.3 Å². The molecule has 88 valence electrons. The number of thioether (sulfide) groups is 1.